The first-order valence-corrected chi connectivity index (χ1v) is 13.8. The van der Waals surface area contributed by atoms with Gasteiger partial charge < -0.3 is 20.1 Å². The molecule has 0 saturated carbocycles. The van der Waals surface area contributed by atoms with Gasteiger partial charge in [-0.1, -0.05) is 41.9 Å². The second-order valence-electron chi connectivity index (χ2n) is 10.0. The van der Waals surface area contributed by atoms with Gasteiger partial charge in [0.05, 0.1) is 28.5 Å². The number of aromatic nitrogens is 2. The third kappa shape index (κ3) is 5.42. The molecular weight excluding hydrogens is 526 g/mol. The summed E-state index contributed by atoms with van der Waals surface area (Å²) < 4.78 is 2.18. The summed E-state index contributed by atoms with van der Waals surface area (Å²) in [4.78, 5) is 19.8. The summed E-state index contributed by atoms with van der Waals surface area (Å²) in [5.41, 5.74) is 8.07. The summed E-state index contributed by atoms with van der Waals surface area (Å²) >= 11 is 12.4. The molecule has 2 aromatic heterocycles. The van der Waals surface area contributed by atoms with Gasteiger partial charge in [0.15, 0.2) is 5.11 Å². The lowest BCUT2D eigenvalue weighted by Crippen LogP contribution is -2.33. The van der Waals surface area contributed by atoms with Crippen molar-refractivity contribution in [1.29, 1.82) is 0 Å². The van der Waals surface area contributed by atoms with Gasteiger partial charge in [-0.3, -0.25) is 9.78 Å². The van der Waals surface area contributed by atoms with Crippen LogP contribution in [0.4, 0.5) is 5.69 Å². The maximum atomic E-state index is 13.0. The predicted octanol–water partition coefficient (Wildman–Crippen LogP) is 6.76. The minimum absolute atomic E-state index is 0.0481. The van der Waals surface area contributed by atoms with E-state index in [1.165, 1.54) is 0 Å². The van der Waals surface area contributed by atoms with Crippen LogP contribution in [0.3, 0.4) is 0 Å². The number of pyridine rings is 1. The van der Waals surface area contributed by atoms with Gasteiger partial charge in [-0.2, -0.15) is 0 Å². The molecule has 5 rings (SSSR count). The number of nitrogens with zero attached hydrogens (tertiary/aromatic N) is 3. The van der Waals surface area contributed by atoms with Gasteiger partial charge in [-0.05, 0) is 93.0 Å². The molecule has 1 amide bonds. The normalized spacial score (nSPS) is 16.8. The van der Waals surface area contributed by atoms with Gasteiger partial charge in [0.2, 0.25) is 5.91 Å². The van der Waals surface area contributed by atoms with Crippen molar-refractivity contribution in [2.75, 3.05) is 11.9 Å². The Bertz CT molecular complexity index is 1530. The number of hydrogen-bond acceptors (Lipinski definition) is 3. The lowest BCUT2D eigenvalue weighted by atomic mass is 9.96. The molecule has 1 aliphatic heterocycles. The van der Waals surface area contributed by atoms with E-state index in [1.807, 2.05) is 74.5 Å². The Morgan fingerprint density at radius 1 is 1.05 bits per heavy atom. The zero-order chi connectivity index (χ0) is 27.7. The van der Waals surface area contributed by atoms with Crippen molar-refractivity contribution in [2.24, 2.45) is 0 Å². The second kappa shape index (κ2) is 11.2. The average molecular weight is 558 g/mol. The largest absolute Gasteiger partial charge is 0.352 e. The van der Waals surface area contributed by atoms with Crippen molar-refractivity contribution in [2.45, 2.75) is 46.2 Å². The molecule has 1 fully saturated rings. The quantitative estimate of drug-likeness (QED) is 0.246. The minimum Gasteiger partial charge on any atom is -0.352 e. The molecule has 8 heteroatoms. The number of anilines is 1. The summed E-state index contributed by atoms with van der Waals surface area (Å²) in [5, 5.41) is 7.87. The Labute approximate surface area is 240 Å². The smallest absolute Gasteiger partial charge is 0.226 e. The molecule has 3 heterocycles. The predicted molar refractivity (Wildman–Crippen MR) is 162 cm³/mol. The number of amides is 1. The molecule has 4 aromatic rings. The van der Waals surface area contributed by atoms with Crippen LogP contribution in [0.5, 0.6) is 0 Å². The first kappa shape index (κ1) is 26.9. The van der Waals surface area contributed by atoms with Crippen molar-refractivity contribution < 1.29 is 4.79 Å². The topological polar surface area (TPSA) is 62.2 Å². The molecule has 2 N–H and O–H groups in total. The molecule has 2 unspecified atom stereocenters. The van der Waals surface area contributed by atoms with E-state index in [2.05, 4.69) is 45.0 Å². The molecule has 0 spiro atoms. The zero-order valence-corrected chi connectivity index (χ0v) is 24.1. The number of nitrogens with one attached hydrogen (secondary N) is 2. The van der Waals surface area contributed by atoms with Crippen LogP contribution in [-0.4, -0.2) is 32.0 Å². The molecule has 6 nitrogen and oxygen atoms in total. The summed E-state index contributed by atoms with van der Waals surface area (Å²) in [6, 6.07) is 21.7. The number of hydrogen-bond donors (Lipinski definition) is 2. The maximum Gasteiger partial charge on any atom is 0.226 e. The standard InChI is InChI=1S/C31H32ClN5OS/c1-19-12-13-20(2)26(17-19)34-28(38)14-16-36-30(29(35-31(36)39)25-10-7-8-15-33-25)23-18-21(3)37(22(23)4)27-11-6-5-9-24(27)32/h5-13,15,17-18,29-30H,14,16H2,1-4H3,(H,34,38)(H,35,39). The van der Waals surface area contributed by atoms with E-state index in [0.717, 1.165) is 45.1 Å². The van der Waals surface area contributed by atoms with Gasteiger partial charge in [0, 0.05) is 36.2 Å². The highest BCUT2D eigenvalue weighted by molar-refractivity contribution is 7.80. The third-order valence-electron chi connectivity index (χ3n) is 7.33. The lowest BCUT2D eigenvalue weighted by molar-refractivity contribution is -0.116. The van der Waals surface area contributed by atoms with Crippen LogP contribution in [0.2, 0.25) is 5.02 Å². The highest BCUT2D eigenvalue weighted by Crippen LogP contribution is 2.42. The molecule has 1 saturated heterocycles. The monoisotopic (exact) mass is 557 g/mol. The Morgan fingerprint density at radius 3 is 2.56 bits per heavy atom. The number of aryl methyl sites for hydroxylation is 3. The van der Waals surface area contributed by atoms with E-state index < -0.39 is 0 Å². The number of carbonyl (C=O) groups excluding carboxylic acids is 1. The van der Waals surface area contributed by atoms with Crippen molar-refractivity contribution in [3.8, 4) is 5.69 Å². The maximum absolute atomic E-state index is 13.0. The van der Waals surface area contributed by atoms with E-state index in [9.17, 15) is 4.79 Å². The third-order valence-corrected chi connectivity index (χ3v) is 8.00. The molecule has 2 aromatic carbocycles. The molecule has 200 valence electrons. The summed E-state index contributed by atoms with van der Waals surface area (Å²) in [6.45, 7) is 8.67. The van der Waals surface area contributed by atoms with Crippen LogP contribution < -0.4 is 10.6 Å². The highest BCUT2D eigenvalue weighted by atomic mass is 35.5. The fourth-order valence-electron chi connectivity index (χ4n) is 5.38. The van der Waals surface area contributed by atoms with E-state index in [0.29, 0.717) is 23.1 Å². The van der Waals surface area contributed by atoms with Crippen molar-refractivity contribution in [3.05, 3.63) is 112 Å². The highest BCUT2D eigenvalue weighted by Gasteiger charge is 2.41. The molecular formula is C31H32ClN5OS. The Kier molecular flexibility index (Phi) is 7.73. The van der Waals surface area contributed by atoms with Crippen molar-refractivity contribution in [3.63, 3.8) is 0 Å². The summed E-state index contributed by atoms with van der Waals surface area (Å²) in [7, 11) is 0. The molecule has 0 aliphatic carbocycles. The number of para-hydroxylation sites is 1. The number of rotatable bonds is 7. The Morgan fingerprint density at radius 2 is 1.82 bits per heavy atom. The number of thiocarbonyl (C=S) groups is 1. The number of benzene rings is 2. The molecule has 2 atom stereocenters. The number of carbonyl (C=O) groups is 1. The van der Waals surface area contributed by atoms with Gasteiger partial charge in [-0.25, -0.2) is 0 Å². The van der Waals surface area contributed by atoms with Crippen LogP contribution in [0, 0.1) is 27.7 Å². The molecule has 0 radical (unpaired) electrons. The van der Waals surface area contributed by atoms with Crippen LogP contribution in [0.15, 0.2) is 72.9 Å². The second-order valence-corrected chi connectivity index (χ2v) is 10.8. The molecule has 0 bridgehead atoms. The van der Waals surface area contributed by atoms with Crippen LogP contribution in [0.25, 0.3) is 5.69 Å². The fourth-order valence-corrected chi connectivity index (χ4v) is 5.93. The molecule has 1 aliphatic rings. The average Bonchev–Trinajstić information content (AvgIpc) is 3.40. The summed E-state index contributed by atoms with van der Waals surface area (Å²) in [5.74, 6) is -0.0481. The number of halogens is 1. The van der Waals surface area contributed by atoms with Gasteiger partial charge >= 0.3 is 0 Å². The zero-order valence-electron chi connectivity index (χ0n) is 22.5. The Balaban J connectivity index is 1.48. The van der Waals surface area contributed by atoms with E-state index >= 15 is 0 Å². The Hall–Kier alpha value is -3.68. The van der Waals surface area contributed by atoms with Crippen LogP contribution >= 0.6 is 23.8 Å². The molecule has 39 heavy (non-hydrogen) atoms. The van der Waals surface area contributed by atoms with Crippen molar-refractivity contribution in [1.82, 2.24) is 19.8 Å². The van der Waals surface area contributed by atoms with E-state index in [-0.39, 0.29) is 18.0 Å². The SMILES string of the molecule is Cc1ccc(C)c(NC(=O)CCN2C(=S)NC(c3ccccn3)C2c2cc(C)n(-c3ccccc3Cl)c2C)c1. The van der Waals surface area contributed by atoms with E-state index in [4.69, 9.17) is 23.8 Å². The van der Waals surface area contributed by atoms with Crippen LogP contribution in [0.1, 0.15) is 52.3 Å². The van der Waals surface area contributed by atoms with Gasteiger partial charge in [0.25, 0.3) is 0 Å². The first-order valence-electron chi connectivity index (χ1n) is 13.0. The first-order chi connectivity index (χ1) is 18.7. The van der Waals surface area contributed by atoms with Gasteiger partial charge in [-0.15, -0.1) is 0 Å². The van der Waals surface area contributed by atoms with Crippen molar-refractivity contribution >= 4 is 40.5 Å². The minimum atomic E-state index is -0.166. The lowest BCUT2D eigenvalue weighted by Gasteiger charge is -2.28. The van der Waals surface area contributed by atoms with Crippen LogP contribution in [-0.2, 0) is 4.79 Å². The summed E-state index contributed by atoms with van der Waals surface area (Å²) in [6.07, 6.45) is 2.09. The van der Waals surface area contributed by atoms with E-state index in [1.54, 1.807) is 6.20 Å². The van der Waals surface area contributed by atoms with Gasteiger partial charge in [0.1, 0.15) is 0 Å². The fraction of sp³-hybridized carbons (Fsp3) is 0.258.